The molecule has 134 valence electrons. The lowest BCUT2D eigenvalue weighted by atomic mass is 10.2. The van der Waals surface area contributed by atoms with Crippen LogP contribution in [0.5, 0.6) is 0 Å². The molecular weight excluding hydrogens is 436 g/mol. The second kappa shape index (κ2) is 8.57. The summed E-state index contributed by atoms with van der Waals surface area (Å²) in [6.07, 6.45) is 0.0481. The number of thiophene rings is 1. The number of anilines is 1. The lowest BCUT2D eigenvalue weighted by molar-refractivity contribution is -0.146. The Kier molecular flexibility index (Phi) is 6.18. The van der Waals surface area contributed by atoms with E-state index in [4.69, 9.17) is 4.74 Å². The number of aromatic nitrogens is 1. The van der Waals surface area contributed by atoms with Gasteiger partial charge >= 0.3 is 5.97 Å². The van der Waals surface area contributed by atoms with Crippen molar-refractivity contribution in [2.45, 2.75) is 13.3 Å². The van der Waals surface area contributed by atoms with E-state index in [0.717, 1.165) is 19.9 Å². The van der Waals surface area contributed by atoms with E-state index in [2.05, 4.69) is 26.2 Å². The van der Waals surface area contributed by atoms with Crippen molar-refractivity contribution in [3.05, 3.63) is 56.8 Å². The Morgan fingerprint density at radius 1 is 1.27 bits per heavy atom. The number of esters is 1. The smallest absolute Gasteiger partial charge is 0.312 e. The monoisotopic (exact) mass is 450 g/mol. The zero-order valence-corrected chi connectivity index (χ0v) is 17.0. The number of aryl methyl sites for hydroxylation is 1. The summed E-state index contributed by atoms with van der Waals surface area (Å²) in [5.74, 6) is -0.850. The van der Waals surface area contributed by atoms with Gasteiger partial charge in [-0.15, -0.1) is 22.7 Å². The van der Waals surface area contributed by atoms with Crippen LogP contribution in [0.4, 0.5) is 5.69 Å². The van der Waals surface area contributed by atoms with Crippen LogP contribution in [0.1, 0.15) is 11.3 Å². The van der Waals surface area contributed by atoms with E-state index in [1.807, 2.05) is 41.9 Å². The molecule has 1 amide bonds. The number of amides is 1. The summed E-state index contributed by atoms with van der Waals surface area (Å²) in [7, 11) is 0. The van der Waals surface area contributed by atoms with Gasteiger partial charge in [0.05, 0.1) is 17.0 Å². The van der Waals surface area contributed by atoms with Crippen LogP contribution >= 0.6 is 38.6 Å². The Labute approximate surface area is 167 Å². The molecular formula is C18H15BrN2O3S2. The number of hydrogen-bond acceptors (Lipinski definition) is 6. The van der Waals surface area contributed by atoms with E-state index >= 15 is 0 Å². The number of benzene rings is 1. The molecule has 0 spiro atoms. The summed E-state index contributed by atoms with van der Waals surface area (Å²) in [4.78, 5) is 29.4. The van der Waals surface area contributed by atoms with E-state index in [1.165, 1.54) is 11.3 Å². The molecule has 0 saturated heterocycles. The molecule has 1 N–H and O–H groups in total. The summed E-state index contributed by atoms with van der Waals surface area (Å²) >= 11 is 6.46. The van der Waals surface area contributed by atoms with Crippen LogP contribution in [-0.4, -0.2) is 23.5 Å². The highest BCUT2D eigenvalue weighted by Crippen LogP contribution is 2.28. The maximum Gasteiger partial charge on any atom is 0.312 e. The third-order valence-corrected chi connectivity index (χ3v) is 5.86. The SMILES string of the molecule is Cc1cc(Br)ccc1NC(=O)COC(=O)Cc1csc(-c2cccs2)n1. The topological polar surface area (TPSA) is 68.3 Å². The number of hydrogen-bond donors (Lipinski definition) is 1. The lowest BCUT2D eigenvalue weighted by Crippen LogP contribution is -2.22. The molecule has 3 rings (SSSR count). The average Bonchev–Trinajstić information content (AvgIpc) is 3.27. The quantitative estimate of drug-likeness (QED) is 0.554. The molecule has 0 radical (unpaired) electrons. The Bertz CT molecular complexity index is 922. The zero-order valence-electron chi connectivity index (χ0n) is 13.8. The number of carbonyl (C=O) groups is 2. The van der Waals surface area contributed by atoms with Crippen LogP contribution in [0.3, 0.4) is 0 Å². The molecule has 0 fully saturated rings. The van der Waals surface area contributed by atoms with E-state index in [0.29, 0.717) is 11.4 Å². The Morgan fingerprint density at radius 2 is 2.12 bits per heavy atom. The van der Waals surface area contributed by atoms with Gasteiger partial charge in [0.1, 0.15) is 5.01 Å². The fourth-order valence-electron chi connectivity index (χ4n) is 2.20. The predicted molar refractivity (Wildman–Crippen MR) is 108 cm³/mol. The van der Waals surface area contributed by atoms with Crippen LogP contribution in [-0.2, 0) is 20.7 Å². The van der Waals surface area contributed by atoms with Crippen LogP contribution in [0.2, 0.25) is 0 Å². The zero-order chi connectivity index (χ0) is 18.5. The standard InChI is InChI=1S/C18H15BrN2O3S2/c1-11-7-12(19)4-5-14(11)21-16(22)9-24-17(23)8-13-10-26-18(20-13)15-3-2-6-25-15/h2-7,10H,8-9H2,1H3,(H,21,22). The maximum atomic E-state index is 12.0. The van der Waals surface area contributed by atoms with Gasteiger partial charge < -0.3 is 10.1 Å². The molecule has 0 unspecified atom stereocenters. The normalized spacial score (nSPS) is 10.5. The van der Waals surface area contributed by atoms with Gasteiger partial charge in [-0.3, -0.25) is 9.59 Å². The molecule has 0 bridgehead atoms. The molecule has 0 atom stereocenters. The van der Waals surface area contributed by atoms with Gasteiger partial charge in [0.15, 0.2) is 6.61 Å². The number of halogens is 1. The first-order valence-electron chi connectivity index (χ1n) is 7.71. The van der Waals surface area contributed by atoms with Gasteiger partial charge in [-0.2, -0.15) is 0 Å². The van der Waals surface area contributed by atoms with Gasteiger partial charge in [0.25, 0.3) is 5.91 Å². The van der Waals surface area contributed by atoms with E-state index < -0.39 is 5.97 Å². The number of thiazole rings is 1. The van der Waals surface area contributed by atoms with E-state index in [1.54, 1.807) is 17.4 Å². The molecule has 3 aromatic rings. The molecule has 5 nitrogen and oxygen atoms in total. The third-order valence-electron chi connectivity index (χ3n) is 3.44. The fraction of sp³-hybridized carbons (Fsp3) is 0.167. The first kappa shape index (κ1) is 18.8. The number of nitrogens with one attached hydrogen (secondary N) is 1. The predicted octanol–water partition coefficient (Wildman–Crippen LogP) is 4.67. The lowest BCUT2D eigenvalue weighted by Gasteiger charge is -2.09. The molecule has 0 aliphatic heterocycles. The number of carbonyl (C=O) groups excluding carboxylic acids is 2. The van der Waals surface area contributed by atoms with Crippen molar-refractivity contribution < 1.29 is 14.3 Å². The maximum absolute atomic E-state index is 12.0. The van der Waals surface area contributed by atoms with Crippen LogP contribution in [0.25, 0.3) is 9.88 Å². The number of ether oxygens (including phenoxy) is 1. The molecule has 8 heteroatoms. The van der Waals surface area contributed by atoms with Crippen molar-refractivity contribution in [3.8, 4) is 9.88 Å². The molecule has 1 aromatic carbocycles. The van der Waals surface area contributed by atoms with E-state index in [-0.39, 0.29) is 18.9 Å². The van der Waals surface area contributed by atoms with Gasteiger partial charge in [-0.05, 0) is 42.1 Å². The molecule has 26 heavy (non-hydrogen) atoms. The van der Waals surface area contributed by atoms with Crippen LogP contribution < -0.4 is 5.32 Å². The third kappa shape index (κ3) is 5.00. The Balaban J connectivity index is 1.48. The highest BCUT2D eigenvalue weighted by atomic mass is 79.9. The molecule has 2 heterocycles. The van der Waals surface area contributed by atoms with Crippen molar-refractivity contribution in [2.24, 2.45) is 0 Å². The summed E-state index contributed by atoms with van der Waals surface area (Å²) < 4.78 is 5.99. The van der Waals surface area contributed by atoms with Crippen molar-refractivity contribution in [3.63, 3.8) is 0 Å². The minimum atomic E-state index is -0.476. The van der Waals surface area contributed by atoms with Gasteiger partial charge in [0, 0.05) is 15.5 Å². The first-order valence-corrected chi connectivity index (χ1v) is 10.3. The fourth-order valence-corrected chi connectivity index (χ4v) is 4.31. The molecule has 0 saturated carbocycles. The number of rotatable bonds is 6. The summed E-state index contributed by atoms with van der Waals surface area (Å²) in [6.45, 7) is 1.57. The van der Waals surface area contributed by atoms with Crippen LogP contribution in [0.15, 0.2) is 45.6 Å². The van der Waals surface area contributed by atoms with Crippen molar-refractivity contribution in [1.82, 2.24) is 4.98 Å². The molecule has 0 aliphatic carbocycles. The van der Waals surface area contributed by atoms with E-state index in [9.17, 15) is 9.59 Å². The minimum absolute atomic E-state index is 0.0481. The summed E-state index contributed by atoms with van der Waals surface area (Å²) in [6, 6.07) is 9.47. The van der Waals surface area contributed by atoms with Crippen LogP contribution in [0, 0.1) is 6.92 Å². The largest absolute Gasteiger partial charge is 0.455 e. The Hall–Kier alpha value is -2.03. The highest BCUT2D eigenvalue weighted by molar-refractivity contribution is 9.10. The van der Waals surface area contributed by atoms with Gasteiger partial charge in [-0.1, -0.05) is 22.0 Å². The van der Waals surface area contributed by atoms with Crippen molar-refractivity contribution in [2.75, 3.05) is 11.9 Å². The minimum Gasteiger partial charge on any atom is -0.455 e. The first-order chi connectivity index (χ1) is 12.5. The highest BCUT2D eigenvalue weighted by Gasteiger charge is 2.13. The van der Waals surface area contributed by atoms with Gasteiger partial charge in [0.2, 0.25) is 0 Å². The van der Waals surface area contributed by atoms with Gasteiger partial charge in [-0.25, -0.2) is 4.98 Å². The second-order valence-corrected chi connectivity index (χ2v) is 8.19. The van der Waals surface area contributed by atoms with Crippen molar-refractivity contribution >= 4 is 56.2 Å². The Morgan fingerprint density at radius 3 is 2.85 bits per heavy atom. The average molecular weight is 451 g/mol. The summed E-state index contributed by atoms with van der Waals surface area (Å²) in [5.41, 5.74) is 2.25. The second-order valence-electron chi connectivity index (χ2n) is 5.47. The molecule has 2 aromatic heterocycles. The van der Waals surface area contributed by atoms with Crippen molar-refractivity contribution in [1.29, 1.82) is 0 Å². The molecule has 0 aliphatic rings. The summed E-state index contributed by atoms with van der Waals surface area (Å²) in [5, 5.41) is 7.43. The number of nitrogens with zero attached hydrogens (tertiary/aromatic N) is 1.